The molecule has 0 spiro atoms. The van der Waals surface area contributed by atoms with Crippen molar-refractivity contribution in [3.63, 3.8) is 0 Å². The molecule has 0 aliphatic carbocycles. The number of anilines is 1. The normalized spacial score (nSPS) is 14.0. The predicted octanol–water partition coefficient (Wildman–Crippen LogP) is 2.34. The van der Waals surface area contributed by atoms with Gasteiger partial charge < -0.3 is 15.6 Å². The number of aryl methyl sites for hydroxylation is 1. The number of nitrogens with two attached hydrogens (primary N) is 1. The zero-order chi connectivity index (χ0) is 15.3. The molecule has 0 atom stereocenters. The molecular formula is C17H16N4O. The lowest BCUT2D eigenvalue weighted by molar-refractivity contribution is 0.0928. The van der Waals surface area contributed by atoms with E-state index >= 15 is 0 Å². The molecule has 5 heteroatoms. The van der Waals surface area contributed by atoms with Crippen molar-refractivity contribution in [1.29, 1.82) is 0 Å². The van der Waals surface area contributed by atoms with Gasteiger partial charge in [-0.15, -0.1) is 0 Å². The fourth-order valence-electron chi connectivity index (χ4n) is 3.26. The fraction of sp³-hybridized carbons (Fsp3) is 0.176. The van der Waals surface area contributed by atoms with Crippen LogP contribution >= 0.6 is 0 Å². The van der Waals surface area contributed by atoms with E-state index < -0.39 is 0 Å². The summed E-state index contributed by atoms with van der Waals surface area (Å²) in [7, 11) is 0. The Morgan fingerprint density at radius 1 is 1.27 bits per heavy atom. The second-order valence-corrected chi connectivity index (χ2v) is 5.55. The van der Waals surface area contributed by atoms with Crippen LogP contribution in [-0.4, -0.2) is 22.0 Å². The number of carbonyl (C=O) groups excluding carboxylic acids is 1. The second-order valence-electron chi connectivity index (χ2n) is 5.55. The van der Waals surface area contributed by atoms with E-state index in [0.717, 1.165) is 39.8 Å². The van der Waals surface area contributed by atoms with Gasteiger partial charge in [0.25, 0.3) is 5.91 Å². The Morgan fingerprint density at radius 3 is 2.91 bits per heavy atom. The van der Waals surface area contributed by atoms with Crippen LogP contribution in [0.3, 0.4) is 0 Å². The molecule has 3 N–H and O–H groups in total. The molecule has 1 amide bonds. The average Bonchev–Trinajstić information content (AvgIpc) is 2.83. The number of nitrogens with one attached hydrogen (secondary N) is 1. The Balaban J connectivity index is 2.07. The minimum absolute atomic E-state index is 0.00123. The molecule has 0 saturated carbocycles. The summed E-state index contributed by atoms with van der Waals surface area (Å²) in [5.41, 5.74) is 10.6. The molecule has 1 aliphatic rings. The summed E-state index contributed by atoms with van der Waals surface area (Å²) in [6.45, 7) is 3.44. The van der Waals surface area contributed by atoms with Crippen molar-refractivity contribution in [3.8, 4) is 11.1 Å². The van der Waals surface area contributed by atoms with Gasteiger partial charge in [-0.05, 0) is 24.6 Å². The number of rotatable bonds is 1. The number of nitrogens with zero attached hydrogens (tertiary/aromatic N) is 2. The van der Waals surface area contributed by atoms with Crippen LogP contribution < -0.4 is 11.1 Å². The summed E-state index contributed by atoms with van der Waals surface area (Å²) in [6, 6.07) is 9.92. The van der Waals surface area contributed by atoms with Gasteiger partial charge in [-0.3, -0.25) is 4.79 Å². The van der Waals surface area contributed by atoms with Gasteiger partial charge >= 0.3 is 0 Å². The number of para-hydroxylation sites is 1. The van der Waals surface area contributed by atoms with Crippen LogP contribution in [0.2, 0.25) is 0 Å². The minimum Gasteiger partial charge on any atom is -0.384 e. The third kappa shape index (κ3) is 1.72. The van der Waals surface area contributed by atoms with E-state index in [4.69, 9.17) is 5.73 Å². The zero-order valence-corrected chi connectivity index (χ0v) is 12.3. The fourth-order valence-corrected chi connectivity index (χ4v) is 3.26. The predicted molar refractivity (Wildman–Crippen MR) is 86.7 cm³/mol. The van der Waals surface area contributed by atoms with E-state index in [1.807, 2.05) is 19.1 Å². The molecule has 0 fully saturated rings. The van der Waals surface area contributed by atoms with Gasteiger partial charge in [0.15, 0.2) is 0 Å². The van der Waals surface area contributed by atoms with Gasteiger partial charge in [-0.25, -0.2) is 4.98 Å². The number of carbonyl (C=O) groups is 1. The molecule has 3 aromatic rings. The molecule has 5 nitrogen and oxygen atoms in total. The number of amides is 1. The molecule has 2 aromatic heterocycles. The first-order valence-electron chi connectivity index (χ1n) is 7.28. The molecule has 0 radical (unpaired) electrons. The highest BCUT2D eigenvalue weighted by Crippen LogP contribution is 2.34. The Morgan fingerprint density at radius 2 is 2.14 bits per heavy atom. The molecule has 3 heterocycles. The number of nitrogen functional groups attached to an aromatic ring is 1. The molecule has 1 aliphatic heterocycles. The number of benzene rings is 1. The number of pyridine rings is 1. The van der Waals surface area contributed by atoms with Gasteiger partial charge in [-0.1, -0.05) is 18.2 Å². The largest absolute Gasteiger partial charge is 0.384 e. The molecule has 110 valence electrons. The highest BCUT2D eigenvalue weighted by molar-refractivity contribution is 6.06. The lowest BCUT2D eigenvalue weighted by atomic mass is 10.0. The first-order chi connectivity index (χ1) is 10.7. The smallest absolute Gasteiger partial charge is 0.268 e. The summed E-state index contributed by atoms with van der Waals surface area (Å²) in [5, 5.41) is 4.03. The Kier molecular flexibility index (Phi) is 2.69. The monoisotopic (exact) mass is 292 g/mol. The van der Waals surface area contributed by atoms with Crippen molar-refractivity contribution in [3.05, 3.63) is 47.8 Å². The quantitative estimate of drug-likeness (QED) is 0.723. The van der Waals surface area contributed by atoms with Crippen molar-refractivity contribution in [2.45, 2.75) is 13.5 Å². The van der Waals surface area contributed by atoms with E-state index in [1.54, 1.807) is 12.3 Å². The van der Waals surface area contributed by atoms with E-state index in [-0.39, 0.29) is 5.91 Å². The third-order valence-corrected chi connectivity index (χ3v) is 4.27. The molecular weight excluding hydrogens is 276 g/mol. The summed E-state index contributed by atoms with van der Waals surface area (Å²) < 4.78 is 2.12. The van der Waals surface area contributed by atoms with Crippen LogP contribution in [0.25, 0.3) is 22.0 Å². The van der Waals surface area contributed by atoms with Crippen molar-refractivity contribution >= 4 is 22.6 Å². The molecule has 0 bridgehead atoms. The van der Waals surface area contributed by atoms with Crippen LogP contribution in [0.15, 0.2) is 36.5 Å². The summed E-state index contributed by atoms with van der Waals surface area (Å²) in [4.78, 5) is 16.4. The van der Waals surface area contributed by atoms with Gasteiger partial charge in [0.05, 0.1) is 5.52 Å². The molecule has 0 unspecified atom stereocenters. The first-order valence-corrected chi connectivity index (χ1v) is 7.28. The SMILES string of the molecule is Cc1c2n(c3c(-c4ccc(N)nc4)cccc13)CCNC2=O. The number of fused-ring (bicyclic) bond motifs is 3. The standard InChI is InChI=1S/C17H16N4O/c1-10-12-3-2-4-13(11-5-6-14(18)20-9-11)16(12)21-8-7-19-17(22)15(10)21/h2-6,9H,7-8H2,1H3,(H2,18,20)(H,19,22). The Hall–Kier alpha value is -2.82. The van der Waals surface area contributed by atoms with E-state index in [1.165, 1.54) is 0 Å². The topological polar surface area (TPSA) is 72.9 Å². The highest BCUT2D eigenvalue weighted by Gasteiger charge is 2.24. The van der Waals surface area contributed by atoms with Crippen molar-refractivity contribution < 1.29 is 4.79 Å². The van der Waals surface area contributed by atoms with Crippen molar-refractivity contribution in [1.82, 2.24) is 14.9 Å². The lowest BCUT2D eigenvalue weighted by Crippen LogP contribution is -2.35. The number of hydrogen-bond donors (Lipinski definition) is 2. The van der Waals surface area contributed by atoms with E-state index in [0.29, 0.717) is 12.4 Å². The molecule has 4 rings (SSSR count). The van der Waals surface area contributed by atoms with Crippen LogP contribution in [-0.2, 0) is 6.54 Å². The van der Waals surface area contributed by atoms with Crippen LogP contribution in [0.1, 0.15) is 16.1 Å². The Labute approximate surface area is 127 Å². The summed E-state index contributed by atoms with van der Waals surface area (Å²) in [5.74, 6) is 0.505. The van der Waals surface area contributed by atoms with E-state index in [9.17, 15) is 4.79 Å². The van der Waals surface area contributed by atoms with Gasteiger partial charge in [0, 0.05) is 35.8 Å². The van der Waals surface area contributed by atoms with Crippen molar-refractivity contribution in [2.24, 2.45) is 0 Å². The maximum atomic E-state index is 12.2. The maximum Gasteiger partial charge on any atom is 0.268 e. The highest BCUT2D eigenvalue weighted by atomic mass is 16.2. The van der Waals surface area contributed by atoms with Gasteiger partial charge in [-0.2, -0.15) is 0 Å². The number of hydrogen-bond acceptors (Lipinski definition) is 3. The van der Waals surface area contributed by atoms with Crippen LogP contribution in [0.4, 0.5) is 5.82 Å². The molecule has 22 heavy (non-hydrogen) atoms. The third-order valence-electron chi connectivity index (χ3n) is 4.27. The first kappa shape index (κ1) is 12.9. The van der Waals surface area contributed by atoms with Crippen molar-refractivity contribution in [2.75, 3.05) is 12.3 Å². The maximum absolute atomic E-state index is 12.2. The second kappa shape index (κ2) is 4.59. The van der Waals surface area contributed by atoms with Gasteiger partial charge in [0.2, 0.25) is 0 Å². The number of aromatic nitrogens is 2. The molecule has 1 aromatic carbocycles. The average molecular weight is 292 g/mol. The van der Waals surface area contributed by atoms with Gasteiger partial charge in [0.1, 0.15) is 11.5 Å². The minimum atomic E-state index is 0.00123. The molecule has 0 saturated heterocycles. The Bertz CT molecular complexity index is 893. The van der Waals surface area contributed by atoms with Crippen LogP contribution in [0.5, 0.6) is 0 Å². The summed E-state index contributed by atoms with van der Waals surface area (Å²) in [6.07, 6.45) is 1.78. The van der Waals surface area contributed by atoms with E-state index in [2.05, 4.69) is 27.0 Å². The summed E-state index contributed by atoms with van der Waals surface area (Å²) >= 11 is 0. The zero-order valence-electron chi connectivity index (χ0n) is 12.3. The lowest BCUT2D eigenvalue weighted by Gasteiger charge is -2.18. The van der Waals surface area contributed by atoms with Crippen LogP contribution in [0, 0.1) is 6.92 Å².